The lowest BCUT2D eigenvalue weighted by Gasteiger charge is -2.32. The van der Waals surface area contributed by atoms with Gasteiger partial charge < -0.3 is 15.2 Å². The molecule has 1 amide bonds. The van der Waals surface area contributed by atoms with E-state index in [1.807, 2.05) is 13.0 Å². The summed E-state index contributed by atoms with van der Waals surface area (Å²) < 4.78 is 5.13. The van der Waals surface area contributed by atoms with Gasteiger partial charge in [0.05, 0.1) is 30.5 Å². The Kier molecular flexibility index (Phi) is 5.17. The molecule has 1 fully saturated rings. The number of carbonyl (C=O) groups is 2. The number of hydrogen-bond acceptors (Lipinski definition) is 4. The van der Waals surface area contributed by atoms with Crippen molar-refractivity contribution in [3.63, 3.8) is 0 Å². The molecule has 1 aromatic rings. The molecule has 21 heavy (non-hydrogen) atoms. The molecule has 2 N–H and O–H groups in total. The Labute approximate surface area is 127 Å². The summed E-state index contributed by atoms with van der Waals surface area (Å²) in [7, 11) is 0. The molecular formula is C14H17ClN2O4. The van der Waals surface area contributed by atoms with Gasteiger partial charge in [-0.2, -0.15) is 0 Å². The second-order valence-corrected chi connectivity index (χ2v) is 5.34. The lowest BCUT2D eigenvalue weighted by atomic mass is 10.2. The van der Waals surface area contributed by atoms with Gasteiger partial charge in [-0.1, -0.05) is 17.7 Å². The Morgan fingerprint density at radius 2 is 2.29 bits per heavy atom. The van der Waals surface area contributed by atoms with Gasteiger partial charge in [-0.25, -0.2) is 0 Å². The standard InChI is InChI=1S/C14H17ClN2O4/c1-9-2-3-11(10(15)6-9)16-13(18)7-17-4-5-21-8-12(17)14(19)20/h2-3,6,12H,4-5,7-8H2,1H3,(H,16,18)(H,19,20). The van der Waals surface area contributed by atoms with E-state index >= 15 is 0 Å². The Hall–Kier alpha value is -1.63. The smallest absolute Gasteiger partial charge is 0.323 e. The summed E-state index contributed by atoms with van der Waals surface area (Å²) in [6, 6.07) is 4.53. The number of benzene rings is 1. The first kappa shape index (κ1) is 15.8. The number of ether oxygens (including phenoxy) is 1. The van der Waals surface area contributed by atoms with Crippen LogP contribution in [0.15, 0.2) is 18.2 Å². The molecule has 6 nitrogen and oxygen atoms in total. The summed E-state index contributed by atoms with van der Waals surface area (Å²) in [5.41, 5.74) is 1.52. The molecule has 0 radical (unpaired) electrons. The average molecular weight is 313 g/mol. The molecule has 2 rings (SSSR count). The summed E-state index contributed by atoms with van der Waals surface area (Å²) in [6.45, 7) is 2.81. The van der Waals surface area contributed by atoms with E-state index in [1.54, 1.807) is 17.0 Å². The van der Waals surface area contributed by atoms with Crippen LogP contribution in [0.5, 0.6) is 0 Å². The van der Waals surface area contributed by atoms with Gasteiger partial charge in [-0.15, -0.1) is 0 Å². The minimum Gasteiger partial charge on any atom is -0.480 e. The summed E-state index contributed by atoms with van der Waals surface area (Å²) in [4.78, 5) is 24.7. The molecule has 1 saturated heterocycles. The Balaban J connectivity index is 1.98. The second-order valence-electron chi connectivity index (χ2n) is 4.93. The summed E-state index contributed by atoms with van der Waals surface area (Å²) in [6.07, 6.45) is 0. The van der Waals surface area contributed by atoms with Crippen molar-refractivity contribution in [2.75, 3.05) is 31.6 Å². The van der Waals surface area contributed by atoms with Crippen molar-refractivity contribution in [2.24, 2.45) is 0 Å². The number of carboxylic acid groups (broad SMARTS) is 1. The number of nitrogens with one attached hydrogen (secondary N) is 1. The molecule has 0 aromatic heterocycles. The van der Waals surface area contributed by atoms with Gasteiger partial charge in [0.25, 0.3) is 0 Å². The van der Waals surface area contributed by atoms with E-state index in [2.05, 4.69) is 5.32 Å². The zero-order valence-corrected chi connectivity index (χ0v) is 12.4. The van der Waals surface area contributed by atoms with Gasteiger partial charge in [-0.05, 0) is 24.6 Å². The molecule has 1 aromatic carbocycles. The first-order chi connectivity index (χ1) is 9.97. The number of hydrogen-bond donors (Lipinski definition) is 2. The number of carbonyl (C=O) groups excluding carboxylic acids is 1. The van der Waals surface area contributed by atoms with E-state index in [4.69, 9.17) is 21.4 Å². The van der Waals surface area contributed by atoms with E-state index in [1.165, 1.54) is 0 Å². The van der Waals surface area contributed by atoms with Crippen molar-refractivity contribution >= 4 is 29.2 Å². The van der Waals surface area contributed by atoms with Crippen LogP contribution < -0.4 is 5.32 Å². The Morgan fingerprint density at radius 1 is 1.52 bits per heavy atom. The maximum Gasteiger partial charge on any atom is 0.323 e. The molecule has 7 heteroatoms. The topological polar surface area (TPSA) is 78.9 Å². The molecular weight excluding hydrogens is 296 g/mol. The molecule has 0 spiro atoms. The number of carboxylic acids is 1. The zero-order valence-electron chi connectivity index (χ0n) is 11.6. The lowest BCUT2D eigenvalue weighted by Crippen LogP contribution is -2.52. The van der Waals surface area contributed by atoms with Crippen molar-refractivity contribution in [3.8, 4) is 0 Å². The van der Waals surface area contributed by atoms with Gasteiger partial charge >= 0.3 is 5.97 Å². The average Bonchev–Trinajstić information content (AvgIpc) is 2.42. The van der Waals surface area contributed by atoms with Gasteiger partial charge in [0.15, 0.2) is 0 Å². The number of rotatable bonds is 4. The molecule has 0 aliphatic carbocycles. The van der Waals surface area contributed by atoms with Gasteiger partial charge in [0.2, 0.25) is 5.91 Å². The number of aryl methyl sites for hydroxylation is 1. The fourth-order valence-electron chi connectivity index (χ4n) is 2.15. The summed E-state index contributed by atoms with van der Waals surface area (Å²) in [5, 5.41) is 12.3. The van der Waals surface area contributed by atoms with Crippen molar-refractivity contribution in [1.29, 1.82) is 0 Å². The van der Waals surface area contributed by atoms with Gasteiger partial charge in [0.1, 0.15) is 6.04 Å². The third kappa shape index (κ3) is 4.17. The molecule has 0 saturated carbocycles. The summed E-state index contributed by atoms with van der Waals surface area (Å²) >= 11 is 6.05. The van der Waals surface area contributed by atoms with Crippen LogP contribution in [-0.4, -0.2) is 54.2 Å². The highest BCUT2D eigenvalue weighted by atomic mass is 35.5. The van der Waals surface area contributed by atoms with Crippen LogP contribution in [0.2, 0.25) is 5.02 Å². The van der Waals surface area contributed by atoms with Gasteiger partial charge in [-0.3, -0.25) is 14.5 Å². The number of aliphatic carboxylic acids is 1. The zero-order chi connectivity index (χ0) is 15.4. The van der Waals surface area contributed by atoms with Crippen LogP contribution in [0, 0.1) is 6.92 Å². The van der Waals surface area contributed by atoms with E-state index < -0.39 is 12.0 Å². The third-order valence-corrected chi connectivity index (χ3v) is 3.58. The second kappa shape index (κ2) is 6.89. The first-order valence-corrected chi connectivity index (χ1v) is 6.96. The molecule has 1 heterocycles. The quantitative estimate of drug-likeness (QED) is 0.878. The van der Waals surface area contributed by atoms with E-state index in [-0.39, 0.29) is 19.1 Å². The Morgan fingerprint density at radius 3 is 2.95 bits per heavy atom. The number of amides is 1. The van der Waals surface area contributed by atoms with E-state index in [9.17, 15) is 9.59 Å². The molecule has 114 valence electrons. The highest BCUT2D eigenvalue weighted by molar-refractivity contribution is 6.33. The van der Waals surface area contributed by atoms with Crippen LogP contribution in [0.3, 0.4) is 0 Å². The van der Waals surface area contributed by atoms with Crippen molar-refractivity contribution in [1.82, 2.24) is 4.90 Å². The number of halogens is 1. The van der Waals surface area contributed by atoms with Crippen molar-refractivity contribution in [2.45, 2.75) is 13.0 Å². The highest BCUT2D eigenvalue weighted by Crippen LogP contribution is 2.22. The lowest BCUT2D eigenvalue weighted by molar-refractivity contribution is -0.150. The monoisotopic (exact) mass is 312 g/mol. The number of anilines is 1. The fraction of sp³-hybridized carbons (Fsp3) is 0.429. The van der Waals surface area contributed by atoms with E-state index in [0.29, 0.717) is 23.9 Å². The molecule has 1 atom stereocenters. The normalized spacial score (nSPS) is 19.2. The maximum absolute atomic E-state index is 12.0. The predicted molar refractivity (Wildman–Crippen MR) is 78.6 cm³/mol. The SMILES string of the molecule is Cc1ccc(NC(=O)CN2CCOCC2C(=O)O)c(Cl)c1. The molecule has 1 aliphatic heterocycles. The van der Waals surface area contributed by atoms with Crippen LogP contribution >= 0.6 is 11.6 Å². The third-order valence-electron chi connectivity index (χ3n) is 3.27. The number of morpholine rings is 1. The van der Waals surface area contributed by atoms with Crippen LogP contribution in [0.4, 0.5) is 5.69 Å². The van der Waals surface area contributed by atoms with Crippen LogP contribution in [0.25, 0.3) is 0 Å². The molecule has 0 bridgehead atoms. The minimum absolute atomic E-state index is 0.00939. The summed E-state index contributed by atoms with van der Waals surface area (Å²) in [5.74, 6) is -1.29. The fourth-order valence-corrected chi connectivity index (χ4v) is 2.43. The Bertz CT molecular complexity index is 550. The minimum atomic E-state index is -0.990. The van der Waals surface area contributed by atoms with Gasteiger partial charge in [0, 0.05) is 6.54 Å². The van der Waals surface area contributed by atoms with E-state index in [0.717, 1.165) is 5.56 Å². The number of nitrogens with zero attached hydrogens (tertiary/aromatic N) is 1. The largest absolute Gasteiger partial charge is 0.480 e. The molecule has 1 aliphatic rings. The molecule has 1 unspecified atom stereocenters. The van der Waals surface area contributed by atoms with Crippen molar-refractivity contribution in [3.05, 3.63) is 28.8 Å². The first-order valence-electron chi connectivity index (χ1n) is 6.58. The van der Waals surface area contributed by atoms with Crippen molar-refractivity contribution < 1.29 is 19.4 Å². The highest BCUT2D eigenvalue weighted by Gasteiger charge is 2.30. The predicted octanol–water partition coefficient (Wildman–Crippen LogP) is 1.37. The van der Waals surface area contributed by atoms with Crippen LogP contribution in [0.1, 0.15) is 5.56 Å². The maximum atomic E-state index is 12.0. The van der Waals surface area contributed by atoms with Crippen LogP contribution in [-0.2, 0) is 14.3 Å².